The predicted octanol–water partition coefficient (Wildman–Crippen LogP) is 7.14. The van der Waals surface area contributed by atoms with Crippen molar-refractivity contribution in [3.8, 4) is 22.8 Å². The molecule has 11 heteroatoms. The fraction of sp³-hybridized carbons (Fsp3) is 0.188. The lowest BCUT2D eigenvalue weighted by Gasteiger charge is -2.20. The fourth-order valence-corrected chi connectivity index (χ4v) is 5.00. The van der Waals surface area contributed by atoms with Crippen LogP contribution in [0.3, 0.4) is 0 Å². The van der Waals surface area contributed by atoms with E-state index >= 15 is 0 Å². The molecule has 11 nitrogen and oxygen atoms in total. The number of aromatic amines is 1. The van der Waals surface area contributed by atoms with Gasteiger partial charge in [-0.25, -0.2) is 9.97 Å². The molecule has 218 valence electrons. The number of fused-ring (bicyclic) bond motifs is 2. The first-order valence-corrected chi connectivity index (χ1v) is 13.6. The van der Waals surface area contributed by atoms with E-state index < -0.39 is 15.4 Å². The topological polar surface area (TPSA) is 153 Å². The van der Waals surface area contributed by atoms with Crippen molar-refractivity contribution in [1.29, 1.82) is 0 Å². The number of imidazole rings is 2. The van der Waals surface area contributed by atoms with E-state index in [1.54, 1.807) is 50.2 Å². The number of hydrogen-bond donors (Lipinski definition) is 2. The number of nitro groups is 2. The first kappa shape index (κ1) is 29.1. The van der Waals surface area contributed by atoms with Crippen LogP contribution in [-0.4, -0.2) is 40.1 Å². The highest BCUT2D eigenvalue weighted by Gasteiger charge is 2.25. The highest BCUT2D eigenvalue weighted by molar-refractivity contribution is 5.85. The average Bonchev–Trinajstić information content (AvgIpc) is 3.56. The van der Waals surface area contributed by atoms with Crippen LogP contribution in [0.1, 0.15) is 25.0 Å². The first-order valence-electron chi connectivity index (χ1n) is 13.6. The number of nitrogens with zero attached hydrogens (tertiary/aromatic N) is 5. The lowest BCUT2D eigenvalue weighted by molar-refractivity contribution is -0.384. The molecule has 6 rings (SSSR count). The van der Waals surface area contributed by atoms with Crippen molar-refractivity contribution >= 4 is 33.4 Å². The molecule has 0 spiro atoms. The lowest BCUT2D eigenvalue weighted by Crippen LogP contribution is -2.26. The van der Waals surface area contributed by atoms with Gasteiger partial charge in [0.1, 0.15) is 11.6 Å². The molecule has 0 saturated carbocycles. The highest BCUT2D eigenvalue weighted by Crippen LogP contribution is 2.34. The van der Waals surface area contributed by atoms with Crippen LogP contribution in [0.4, 0.5) is 11.4 Å². The van der Waals surface area contributed by atoms with Crippen LogP contribution in [0.15, 0.2) is 84.9 Å². The lowest BCUT2D eigenvalue weighted by atomic mass is 10.1. The maximum atomic E-state index is 11.4. The van der Waals surface area contributed by atoms with Crippen molar-refractivity contribution in [3.05, 3.63) is 116 Å². The van der Waals surface area contributed by atoms with Gasteiger partial charge in [0.05, 0.1) is 55.2 Å². The first-order chi connectivity index (χ1) is 20.4. The maximum Gasteiger partial charge on any atom is 0.280 e. The van der Waals surface area contributed by atoms with Crippen LogP contribution in [0.25, 0.3) is 44.8 Å². The zero-order valence-corrected chi connectivity index (χ0v) is 24.1. The van der Waals surface area contributed by atoms with Crippen LogP contribution in [0.2, 0.25) is 0 Å². The normalized spacial score (nSPS) is 11.4. The predicted molar refractivity (Wildman–Crippen MR) is 166 cm³/mol. The Kier molecular flexibility index (Phi) is 7.75. The summed E-state index contributed by atoms with van der Waals surface area (Å²) in [6, 6.07) is 24.7. The van der Waals surface area contributed by atoms with Gasteiger partial charge < -0.3 is 14.7 Å². The third kappa shape index (κ3) is 5.97. The third-order valence-corrected chi connectivity index (χ3v) is 6.94. The van der Waals surface area contributed by atoms with E-state index in [2.05, 4.69) is 15.0 Å². The third-order valence-electron chi connectivity index (χ3n) is 6.94. The summed E-state index contributed by atoms with van der Waals surface area (Å²) in [5.74, 6) is 1.02. The molecule has 2 aromatic heterocycles. The second kappa shape index (κ2) is 11.5. The molecule has 0 bridgehead atoms. The number of aromatic nitrogens is 4. The van der Waals surface area contributed by atoms with E-state index in [0.29, 0.717) is 22.8 Å². The van der Waals surface area contributed by atoms with Gasteiger partial charge in [-0.3, -0.25) is 20.2 Å². The van der Waals surface area contributed by atoms with Crippen molar-refractivity contribution in [1.82, 2.24) is 19.5 Å². The van der Waals surface area contributed by atoms with E-state index in [4.69, 9.17) is 0 Å². The molecule has 0 amide bonds. The molecule has 0 aliphatic rings. The summed E-state index contributed by atoms with van der Waals surface area (Å²) in [5, 5.41) is 32.7. The Morgan fingerprint density at radius 3 is 1.93 bits per heavy atom. The standard InChI is InChI=1S/C18H19N3O3.C14H11N3O2/c1-12-7-6-10-15-16(12)19-17(20(15)11-18(2,3)22)13-8-4-5-9-14(13)21(23)24;1-9-5-4-7-11-13(9)16-14(15-11)10-6-2-3-8-12(10)17(18)19/h4-10,22H,11H2,1-3H3;2-8H,1H3,(H,15,16). The summed E-state index contributed by atoms with van der Waals surface area (Å²) < 4.78 is 1.85. The SMILES string of the molecule is Cc1cccc2[nH]c(-c3ccccc3[N+](=O)[O-])nc12.Cc1cccc2c1nc(-c1ccccc1[N+](=O)[O-])n2CC(C)(C)O. The van der Waals surface area contributed by atoms with E-state index in [1.807, 2.05) is 54.8 Å². The summed E-state index contributed by atoms with van der Waals surface area (Å²) in [6.45, 7) is 7.61. The van der Waals surface area contributed by atoms with Crippen LogP contribution in [0, 0.1) is 34.1 Å². The zero-order valence-electron chi connectivity index (χ0n) is 24.1. The molecule has 4 aromatic carbocycles. The molecule has 0 aliphatic carbocycles. The number of aryl methyl sites for hydroxylation is 2. The number of benzene rings is 4. The Hall–Kier alpha value is -5.42. The van der Waals surface area contributed by atoms with Gasteiger partial charge in [-0.15, -0.1) is 0 Å². The molecule has 2 N–H and O–H groups in total. The second-order valence-corrected chi connectivity index (χ2v) is 10.9. The Bertz CT molecular complexity index is 1990. The number of nitro benzene ring substituents is 2. The number of para-hydroxylation sites is 4. The fourth-order valence-electron chi connectivity index (χ4n) is 5.00. The number of H-pyrrole nitrogens is 1. The van der Waals surface area contributed by atoms with Gasteiger partial charge in [0.15, 0.2) is 0 Å². The van der Waals surface area contributed by atoms with E-state index in [-0.39, 0.29) is 17.9 Å². The van der Waals surface area contributed by atoms with Crippen LogP contribution in [0.5, 0.6) is 0 Å². The molecular formula is C32H30N6O5. The zero-order chi connectivity index (χ0) is 30.9. The number of aliphatic hydroxyl groups is 1. The summed E-state index contributed by atoms with van der Waals surface area (Å²) in [7, 11) is 0. The van der Waals surface area contributed by atoms with Crippen LogP contribution in [-0.2, 0) is 6.54 Å². The largest absolute Gasteiger partial charge is 0.389 e. The van der Waals surface area contributed by atoms with Gasteiger partial charge in [-0.2, -0.15) is 0 Å². The smallest absolute Gasteiger partial charge is 0.280 e. The summed E-state index contributed by atoms with van der Waals surface area (Å²) >= 11 is 0. The Balaban J connectivity index is 0.000000176. The van der Waals surface area contributed by atoms with E-state index in [9.17, 15) is 25.3 Å². The average molecular weight is 579 g/mol. The highest BCUT2D eigenvalue weighted by atomic mass is 16.6. The van der Waals surface area contributed by atoms with Gasteiger partial charge in [-0.05, 0) is 63.1 Å². The maximum absolute atomic E-state index is 11.4. The Morgan fingerprint density at radius 2 is 1.33 bits per heavy atom. The minimum Gasteiger partial charge on any atom is -0.389 e. The second-order valence-electron chi connectivity index (χ2n) is 10.9. The van der Waals surface area contributed by atoms with Gasteiger partial charge in [-0.1, -0.05) is 48.5 Å². The van der Waals surface area contributed by atoms with Crippen molar-refractivity contribution in [2.45, 2.75) is 39.8 Å². The summed E-state index contributed by atoms with van der Waals surface area (Å²) in [6.07, 6.45) is 0. The summed E-state index contributed by atoms with van der Waals surface area (Å²) in [5.41, 5.74) is 5.42. The minimum absolute atomic E-state index is 0.00227. The van der Waals surface area contributed by atoms with Crippen molar-refractivity contribution in [3.63, 3.8) is 0 Å². The molecule has 0 atom stereocenters. The van der Waals surface area contributed by atoms with Crippen molar-refractivity contribution < 1.29 is 15.0 Å². The quantitative estimate of drug-likeness (QED) is 0.157. The van der Waals surface area contributed by atoms with Gasteiger partial charge in [0.25, 0.3) is 11.4 Å². The Labute approximate surface area is 246 Å². The van der Waals surface area contributed by atoms with Crippen molar-refractivity contribution in [2.24, 2.45) is 0 Å². The minimum atomic E-state index is -0.977. The molecule has 0 fully saturated rings. The molecule has 0 radical (unpaired) electrons. The monoisotopic (exact) mass is 578 g/mol. The van der Waals surface area contributed by atoms with Gasteiger partial charge >= 0.3 is 0 Å². The molecule has 0 aliphatic heterocycles. The number of hydrogen-bond acceptors (Lipinski definition) is 7. The van der Waals surface area contributed by atoms with Crippen LogP contribution >= 0.6 is 0 Å². The van der Waals surface area contributed by atoms with E-state index in [0.717, 1.165) is 33.2 Å². The van der Waals surface area contributed by atoms with E-state index in [1.165, 1.54) is 12.1 Å². The van der Waals surface area contributed by atoms with Crippen LogP contribution < -0.4 is 0 Å². The molecule has 43 heavy (non-hydrogen) atoms. The molecule has 0 unspecified atom stereocenters. The molecule has 6 aromatic rings. The Morgan fingerprint density at radius 1 is 0.767 bits per heavy atom. The molecule has 2 heterocycles. The van der Waals surface area contributed by atoms with Gasteiger partial charge in [0, 0.05) is 12.1 Å². The van der Waals surface area contributed by atoms with Gasteiger partial charge in [0.2, 0.25) is 0 Å². The molecule has 0 saturated heterocycles. The molecular weight excluding hydrogens is 548 g/mol. The van der Waals surface area contributed by atoms with Crippen molar-refractivity contribution in [2.75, 3.05) is 0 Å². The number of nitrogens with one attached hydrogen (secondary N) is 1. The summed E-state index contributed by atoms with van der Waals surface area (Å²) in [4.78, 5) is 33.9. The number of rotatable bonds is 6.